The molecule has 36 heavy (non-hydrogen) atoms. The number of hydrogen-bond acceptors (Lipinski definition) is 8. The third kappa shape index (κ3) is 6.17. The SMILES string of the molecule is CCOc1nn2c(N)n[n+](CC(=O)c3cc(OCCCO)c(OC)c(C(C)(C)C)c3)c2cc1CC.[Cl-]. The number of aliphatic hydroxyl groups excluding tert-OH is 1. The van der Waals surface area contributed by atoms with Crippen molar-refractivity contribution in [3.8, 4) is 17.4 Å². The molecular weight excluding hydrogens is 486 g/mol. The fourth-order valence-electron chi connectivity index (χ4n) is 3.79. The number of benzene rings is 1. The lowest BCUT2D eigenvalue weighted by Crippen LogP contribution is -3.00. The van der Waals surface area contributed by atoms with E-state index in [0.29, 0.717) is 54.6 Å². The Hall–Kier alpha value is -3.11. The topological polar surface area (TPSA) is 125 Å². The van der Waals surface area contributed by atoms with Crippen molar-refractivity contribution in [2.45, 2.75) is 59.4 Å². The molecule has 3 aromatic rings. The zero-order valence-electron chi connectivity index (χ0n) is 21.8. The molecule has 0 aliphatic heterocycles. The van der Waals surface area contributed by atoms with Crippen molar-refractivity contribution >= 4 is 17.4 Å². The van der Waals surface area contributed by atoms with Crippen molar-refractivity contribution in [3.63, 3.8) is 0 Å². The number of anilines is 1. The summed E-state index contributed by atoms with van der Waals surface area (Å²) in [6.45, 7) is 10.8. The van der Waals surface area contributed by atoms with Gasteiger partial charge in [0.05, 0.1) is 20.3 Å². The minimum Gasteiger partial charge on any atom is -1.00 e. The van der Waals surface area contributed by atoms with Gasteiger partial charge < -0.3 is 37.5 Å². The van der Waals surface area contributed by atoms with Crippen molar-refractivity contribution in [1.29, 1.82) is 0 Å². The van der Waals surface area contributed by atoms with Crippen LogP contribution in [0.4, 0.5) is 5.95 Å². The van der Waals surface area contributed by atoms with Crippen LogP contribution in [0.3, 0.4) is 0 Å². The fourth-order valence-corrected chi connectivity index (χ4v) is 3.79. The second-order valence-electron chi connectivity index (χ2n) is 9.20. The lowest BCUT2D eigenvalue weighted by atomic mass is 9.84. The van der Waals surface area contributed by atoms with E-state index < -0.39 is 0 Å². The molecule has 2 heterocycles. The number of methoxy groups -OCH3 is 1. The minimum absolute atomic E-state index is 0. The lowest BCUT2D eigenvalue weighted by molar-refractivity contribution is -0.714. The van der Waals surface area contributed by atoms with Crippen LogP contribution in [-0.4, -0.2) is 52.5 Å². The molecule has 0 saturated heterocycles. The van der Waals surface area contributed by atoms with Crippen LogP contribution in [-0.2, 0) is 18.4 Å². The van der Waals surface area contributed by atoms with Crippen LogP contribution in [0.15, 0.2) is 18.2 Å². The lowest BCUT2D eigenvalue weighted by Gasteiger charge is -2.25. The summed E-state index contributed by atoms with van der Waals surface area (Å²) >= 11 is 0. The molecule has 2 aromatic heterocycles. The van der Waals surface area contributed by atoms with E-state index in [4.69, 9.17) is 25.1 Å². The van der Waals surface area contributed by atoms with Crippen LogP contribution in [0, 0.1) is 0 Å². The Balaban J connectivity index is 0.00000456. The maximum absolute atomic E-state index is 13.5. The molecule has 0 aliphatic rings. The molecule has 0 bridgehead atoms. The van der Waals surface area contributed by atoms with E-state index >= 15 is 0 Å². The number of hydrogen-bond donors (Lipinski definition) is 2. The van der Waals surface area contributed by atoms with Crippen LogP contribution in [0.1, 0.15) is 62.5 Å². The van der Waals surface area contributed by atoms with Crippen LogP contribution in [0.25, 0.3) is 5.65 Å². The maximum Gasteiger partial charge on any atom is 0.355 e. The maximum atomic E-state index is 13.5. The van der Waals surface area contributed by atoms with Crippen LogP contribution < -0.4 is 37.0 Å². The summed E-state index contributed by atoms with van der Waals surface area (Å²) < 4.78 is 20.2. The van der Waals surface area contributed by atoms with Gasteiger partial charge in [-0.05, 0) is 41.1 Å². The highest BCUT2D eigenvalue weighted by atomic mass is 35.5. The third-order valence-corrected chi connectivity index (χ3v) is 5.59. The predicted molar refractivity (Wildman–Crippen MR) is 131 cm³/mol. The summed E-state index contributed by atoms with van der Waals surface area (Å²) in [7, 11) is 1.58. The van der Waals surface area contributed by atoms with Gasteiger partial charge in [-0.15, -0.1) is 4.68 Å². The molecule has 10 nitrogen and oxygen atoms in total. The number of halogens is 1. The molecule has 0 amide bonds. The number of nitrogens with zero attached hydrogens (tertiary/aromatic N) is 4. The first kappa shape index (κ1) is 29.1. The first-order valence-corrected chi connectivity index (χ1v) is 11.8. The van der Waals surface area contributed by atoms with E-state index in [9.17, 15) is 4.79 Å². The van der Waals surface area contributed by atoms with Crippen molar-refractivity contribution in [2.24, 2.45) is 0 Å². The number of ether oxygens (including phenoxy) is 3. The van der Waals surface area contributed by atoms with Gasteiger partial charge >= 0.3 is 11.6 Å². The number of carbonyl (C=O) groups is 1. The first-order valence-electron chi connectivity index (χ1n) is 11.8. The van der Waals surface area contributed by atoms with Gasteiger partial charge in [-0.2, -0.15) is 0 Å². The molecule has 0 atom stereocenters. The Bertz CT molecular complexity index is 1210. The average Bonchev–Trinajstić information content (AvgIpc) is 3.11. The van der Waals surface area contributed by atoms with Crippen LogP contribution in [0.5, 0.6) is 17.4 Å². The second-order valence-corrected chi connectivity index (χ2v) is 9.20. The molecule has 3 rings (SSSR count). The number of carbonyl (C=O) groups excluding carboxylic acids is 1. The molecular formula is C25H36ClN5O5. The third-order valence-electron chi connectivity index (χ3n) is 5.59. The standard InChI is InChI=1S/C25H36N5O5.ClH/c1-7-16-14-21-29(28-24(26)30(21)27-23(16)34-8-2)15-19(32)17-12-18(25(3,4)5)22(33-6)20(13-17)35-11-9-10-31;/h12-14,31H,7-11,15H2,1-6H3,(H2,26,28);1H/q+1;/p-1. The molecule has 0 saturated carbocycles. The van der Waals surface area contributed by atoms with Crippen molar-refractivity contribution < 1.29 is 41.2 Å². The Morgan fingerprint density at radius 1 is 1.19 bits per heavy atom. The van der Waals surface area contributed by atoms with E-state index in [1.807, 2.05) is 46.8 Å². The zero-order valence-corrected chi connectivity index (χ0v) is 22.6. The Morgan fingerprint density at radius 3 is 2.50 bits per heavy atom. The number of aliphatic hydroxyl groups is 1. The van der Waals surface area contributed by atoms with E-state index in [0.717, 1.165) is 11.1 Å². The van der Waals surface area contributed by atoms with Gasteiger partial charge in [0, 0.05) is 35.8 Å². The van der Waals surface area contributed by atoms with Crippen molar-refractivity contribution in [1.82, 2.24) is 14.7 Å². The van der Waals surface area contributed by atoms with E-state index in [1.165, 1.54) is 4.52 Å². The molecule has 0 spiro atoms. The average molecular weight is 522 g/mol. The van der Waals surface area contributed by atoms with Gasteiger partial charge in [0.1, 0.15) is 0 Å². The molecule has 3 N–H and O–H groups in total. The molecule has 0 fully saturated rings. The van der Waals surface area contributed by atoms with Gasteiger partial charge in [-0.25, -0.2) is 0 Å². The summed E-state index contributed by atoms with van der Waals surface area (Å²) in [5.74, 6) is 1.54. The highest BCUT2D eigenvalue weighted by Gasteiger charge is 2.28. The van der Waals surface area contributed by atoms with Crippen LogP contribution >= 0.6 is 0 Å². The Morgan fingerprint density at radius 2 is 1.92 bits per heavy atom. The summed E-state index contributed by atoms with van der Waals surface area (Å²) in [6.07, 6.45) is 1.18. The molecule has 198 valence electrons. The van der Waals surface area contributed by atoms with E-state index in [2.05, 4.69) is 10.2 Å². The molecule has 0 unspecified atom stereocenters. The number of rotatable bonds is 11. The summed E-state index contributed by atoms with van der Waals surface area (Å²) in [4.78, 5) is 13.5. The largest absolute Gasteiger partial charge is 1.00 e. The van der Waals surface area contributed by atoms with E-state index in [1.54, 1.807) is 17.9 Å². The number of aryl methyl sites for hydroxylation is 1. The normalized spacial score (nSPS) is 11.3. The smallest absolute Gasteiger partial charge is 0.355 e. The zero-order chi connectivity index (χ0) is 25.8. The first-order chi connectivity index (χ1) is 16.6. The van der Waals surface area contributed by atoms with Gasteiger partial charge in [-0.3, -0.25) is 4.79 Å². The highest BCUT2D eigenvalue weighted by molar-refractivity contribution is 5.96. The van der Waals surface area contributed by atoms with Gasteiger partial charge in [0.15, 0.2) is 18.0 Å². The van der Waals surface area contributed by atoms with Gasteiger partial charge in [0.25, 0.3) is 5.88 Å². The number of aromatic nitrogens is 4. The highest BCUT2D eigenvalue weighted by Crippen LogP contribution is 2.40. The summed E-state index contributed by atoms with van der Waals surface area (Å²) in [6, 6.07) is 5.41. The quantitative estimate of drug-likeness (QED) is 0.197. The van der Waals surface area contributed by atoms with Crippen molar-refractivity contribution in [2.75, 3.05) is 32.7 Å². The molecule has 0 radical (unpaired) electrons. The molecule has 11 heteroatoms. The summed E-state index contributed by atoms with van der Waals surface area (Å²) in [5.41, 5.74) is 8.62. The predicted octanol–water partition coefficient (Wildman–Crippen LogP) is -0.486. The fraction of sp³-hybridized carbons (Fsp3) is 0.520. The van der Waals surface area contributed by atoms with E-state index in [-0.39, 0.29) is 42.7 Å². The van der Waals surface area contributed by atoms with Crippen LogP contribution in [0.2, 0.25) is 0 Å². The van der Waals surface area contributed by atoms with Gasteiger partial charge in [0.2, 0.25) is 5.78 Å². The monoisotopic (exact) mass is 521 g/mol. The Labute approximate surface area is 217 Å². The number of ketones is 1. The number of fused-ring (bicyclic) bond motifs is 1. The summed E-state index contributed by atoms with van der Waals surface area (Å²) in [5, 5.41) is 18.0. The molecule has 0 aliphatic carbocycles. The van der Waals surface area contributed by atoms with Crippen molar-refractivity contribution in [3.05, 3.63) is 34.9 Å². The Kier molecular flexibility index (Phi) is 9.89. The second kappa shape index (κ2) is 12.2. The number of Topliss-reactive ketones (excluding diaryl/α,β-unsaturated/α-hetero) is 1. The van der Waals surface area contributed by atoms with Gasteiger partial charge in [-0.1, -0.05) is 32.2 Å². The number of nitrogen functional groups attached to an aromatic ring is 1. The number of nitrogens with two attached hydrogens (primary N) is 1. The minimum atomic E-state index is -0.301. The molecule has 1 aromatic carbocycles.